The molecule has 3 heterocycles. The van der Waals surface area contributed by atoms with Crippen LogP contribution in [0.1, 0.15) is 16.2 Å². The molecule has 0 atom stereocenters. The van der Waals surface area contributed by atoms with Gasteiger partial charge in [0.05, 0.1) is 19.8 Å². The van der Waals surface area contributed by atoms with E-state index in [2.05, 4.69) is 25.4 Å². The lowest BCUT2D eigenvalue weighted by Gasteiger charge is -2.25. The number of morpholine rings is 1. The van der Waals surface area contributed by atoms with Gasteiger partial charge < -0.3 is 24.2 Å². The van der Waals surface area contributed by atoms with Crippen molar-refractivity contribution >= 4 is 11.7 Å². The molecule has 3 rings (SSSR count). The average molecular weight is 323 g/mol. The first-order valence-corrected chi connectivity index (χ1v) is 7.23. The van der Waals surface area contributed by atoms with Gasteiger partial charge in [0.15, 0.2) is 5.82 Å². The fourth-order valence-corrected chi connectivity index (χ4v) is 2.07. The standard InChI is InChI=1S/C13H17N5O5/c1-9-13(17-23-15-9)21-5-2-14-12(19)10-8-11(16-22-10)18-3-6-20-7-4-18/h8H,2-7H2,1H3,(H,14,19). The molecular weight excluding hydrogens is 306 g/mol. The van der Waals surface area contributed by atoms with E-state index in [0.29, 0.717) is 37.2 Å². The van der Waals surface area contributed by atoms with Gasteiger partial charge in [0.25, 0.3) is 11.8 Å². The molecule has 1 amide bonds. The van der Waals surface area contributed by atoms with Crippen LogP contribution in [0.4, 0.5) is 5.82 Å². The molecule has 23 heavy (non-hydrogen) atoms. The molecule has 10 nitrogen and oxygen atoms in total. The second-order valence-electron chi connectivity index (χ2n) is 4.91. The molecule has 0 spiro atoms. The number of amides is 1. The third kappa shape index (κ3) is 3.77. The second-order valence-corrected chi connectivity index (χ2v) is 4.91. The van der Waals surface area contributed by atoms with Crippen LogP contribution in [0.15, 0.2) is 15.2 Å². The van der Waals surface area contributed by atoms with Crippen molar-refractivity contribution in [2.45, 2.75) is 6.92 Å². The Labute approximate surface area is 131 Å². The fraction of sp³-hybridized carbons (Fsp3) is 0.538. The highest BCUT2D eigenvalue weighted by atomic mass is 16.6. The number of nitrogens with zero attached hydrogens (tertiary/aromatic N) is 4. The lowest BCUT2D eigenvalue weighted by Crippen LogP contribution is -2.36. The summed E-state index contributed by atoms with van der Waals surface area (Å²) in [5, 5.41) is 13.8. The largest absolute Gasteiger partial charge is 0.472 e. The summed E-state index contributed by atoms with van der Waals surface area (Å²) in [5.41, 5.74) is 0.557. The summed E-state index contributed by atoms with van der Waals surface area (Å²) in [6.45, 7) is 4.99. The van der Waals surface area contributed by atoms with Gasteiger partial charge in [0.1, 0.15) is 12.3 Å². The number of hydrogen-bond acceptors (Lipinski definition) is 9. The van der Waals surface area contributed by atoms with Crippen molar-refractivity contribution in [1.29, 1.82) is 0 Å². The first kappa shape index (κ1) is 15.3. The molecule has 0 saturated carbocycles. The highest BCUT2D eigenvalue weighted by Gasteiger charge is 2.18. The zero-order valence-corrected chi connectivity index (χ0v) is 12.7. The molecule has 0 aromatic carbocycles. The van der Waals surface area contributed by atoms with E-state index < -0.39 is 0 Å². The number of aromatic nitrogens is 3. The maximum Gasteiger partial charge on any atom is 0.290 e. The Balaban J connectivity index is 1.45. The number of hydrogen-bond donors (Lipinski definition) is 1. The molecule has 10 heteroatoms. The third-order valence-electron chi connectivity index (χ3n) is 3.29. The van der Waals surface area contributed by atoms with E-state index in [1.54, 1.807) is 13.0 Å². The Bertz CT molecular complexity index is 649. The van der Waals surface area contributed by atoms with Gasteiger partial charge in [0.2, 0.25) is 5.76 Å². The molecule has 0 unspecified atom stereocenters. The highest BCUT2D eigenvalue weighted by molar-refractivity contribution is 5.92. The minimum atomic E-state index is -0.351. The SMILES string of the molecule is Cc1nonc1OCCNC(=O)c1cc(N2CCOCC2)no1. The topological polar surface area (TPSA) is 116 Å². The summed E-state index contributed by atoms with van der Waals surface area (Å²) in [6.07, 6.45) is 0. The van der Waals surface area contributed by atoms with Gasteiger partial charge in [-0.15, -0.1) is 0 Å². The maximum atomic E-state index is 12.0. The number of carbonyl (C=O) groups is 1. The predicted octanol–water partition coefficient (Wildman–Crippen LogP) is 0.0114. The molecule has 1 aliphatic heterocycles. The quantitative estimate of drug-likeness (QED) is 0.734. The van der Waals surface area contributed by atoms with Crippen LogP contribution in [0, 0.1) is 6.92 Å². The Morgan fingerprint density at radius 3 is 2.91 bits per heavy atom. The van der Waals surface area contributed by atoms with Crippen LogP contribution in [-0.4, -0.2) is 60.8 Å². The first-order valence-electron chi connectivity index (χ1n) is 7.23. The molecular formula is C13H17N5O5. The number of aryl methyl sites for hydroxylation is 1. The molecule has 0 bridgehead atoms. The van der Waals surface area contributed by atoms with Crippen molar-refractivity contribution in [2.24, 2.45) is 0 Å². The van der Waals surface area contributed by atoms with Crippen molar-refractivity contribution in [1.82, 2.24) is 20.8 Å². The van der Waals surface area contributed by atoms with Crippen molar-refractivity contribution in [2.75, 3.05) is 44.4 Å². The average Bonchev–Trinajstić information content (AvgIpc) is 3.22. The van der Waals surface area contributed by atoms with Gasteiger partial charge in [-0.1, -0.05) is 10.3 Å². The predicted molar refractivity (Wildman–Crippen MR) is 76.4 cm³/mol. The lowest BCUT2D eigenvalue weighted by molar-refractivity contribution is 0.0909. The number of anilines is 1. The Kier molecular flexibility index (Phi) is 4.71. The van der Waals surface area contributed by atoms with Gasteiger partial charge in [-0.05, 0) is 12.1 Å². The van der Waals surface area contributed by atoms with Gasteiger partial charge in [0, 0.05) is 19.2 Å². The Morgan fingerprint density at radius 2 is 2.17 bits per heavy atom. The van der Waals surface area contributed by atoms with Gasteiger partial charge in [-0.3, -0.25) is 4.79 Å². The molecule has 1 fully saturated rings. The van der Waals surface area contributed by atoms with E-state index in [1.165, 1.54) is 0 Å². The molecule has 2 aromatic heterocycles. The smallest absolute Gasteiger partial charge is 0.290 e. The molecule has 0 aliphatic carbocycles. The summed E-state index contributed by atoms with van der Waals surface area (Å²) < 4.78 is 20.2. The molecule has 1 aliphatic rings. The van der Waals surface area contributed by atoms with Crippen molar-refractivity contribution < 1.29 is 23.4 Å². The van der Waals surface area contributed by atoms with E-state index >= 15 is 0 Å². The zero-order valence-electron chi connectivity index (χ0n) is 12.7. The van der Waals surface area contributed by atoms with Gasteiger partial charge in [-0.25, -0.2) is 4.63 Å². The summed E-state index contributed by atoms with van der Waals surface area (Å²) >= 11 is 0. The molecule has 0 radical (unpaired) electrons. The Hall–Kier alpha value is -2.62. The first-order chi connectivity index (χ1) is 11.2. The number of ether oxygens (including phenoxy) is 2. The van der Waals surface area contributed by atoms with E-state index in [9.17, 15) is 4.79 Å². The van der Waals surface area contributed by atoms with Crippen LogP contribution in [0.5, 0.6) is 5.88 Å². The summed E-state index contributed by atoms with van der Waals surface area (Å²) in [7, 11) is 0. The molecule has 2 aromatic rings. The monoisotopic (exact) mass is 323 g/mol. The van der Waals surface area contributed by atoms with Gasteiger partial charge in [-0.2, -0.15) is 0 Å². The van der Waals surface area contributed by atoms with Crippen LogP contribution in [0.3, 0.4) is 0 Å². The summed E-state index contributed by atoms with van der Waals surface area (Å²) in [5.74, 6) is 0.758. The minimum absolute atomic E-state index is 0.158. The van der Waals surface area contributed by atoms with Crippen LogP contribution in [0.2, 0.25) is 0 Å². The van der Waals surface area contributed by atoms with Crippen LogP contribution >= 0.6 is 0 Å². The van der Waals surface area contributed by atoms with E-state index in [0.717, 1.165) is 13.1 Å². The normalized spacial score (nSPS) is 14.7. The molecule has 1 saturated heterocycles. The van der Waals surface area contributed by atoms with Crippen molar-refractivity contribution in [3.8, 4) is 5.88 Å². The van der Waals surface area contributed by atoms with Crippen LogP contribution in [-0.2, 0) is 4.74 Å². The lowest BCUT2D eigenvalue weighted by atomic mass is 10.3. The van der Waals surface area contributed by atoms with Crippen LogP contribution < -0.4 is 15.0 Å². The second kappa shape index (κ2) is 7.09. The van der Waals surface area contributed by atoms with E-state index in [-0.39, 0.29) is 18.3 Å². The van der Waals surface area contributed by atoms with Crippen molar-refractivity contribution in [3.05, 3.63) is 17.5 Å². The highest BCUT2D eigenvalue weighted by Crippen LogP contribution is 2.15. The Morgan fingerprint density at radius 1 is 1.35 bits per heavy atom. The fourth-order valence-electron chi connectivity index (χ4n) is 2.07. The molecule has 1 N–H and O–H groups in total. The van der Waals surface area contributed by atoms with E-state index in [1.807, 2.05) is 4.90 Å². The number of nitrogens with one attached hydrogen (secondary N) is 1. The number of rotatable bonds is 6. The zero-order chi connectivity index (χ0) is 16.1. The van der Waals surface area contributed by atoms with E-state index in [4.69, 9.17) is 14.0 Å². The van der Waals surface area contributed by atoms with Crippen LogP contribution in [0.25, 0.3) is 0 Å². The number of carbonyl (C=O) groups excluding carboxylic acids is 1. The third-order valence-corrected chi connectivity index (χ3v) is 3.29. The summed E-state index contributed by atoms with van der Waals surface area (Å²) in [6, 6.07) is 1.62. The minimum Gasteiger partial charge on any atom is -0.472 e. The summed E-state index contributed by atoms with van der Waals surface area (Å²) in [4.78, 5) is 14.0. The van der Waals surface area contributed by atoms with Gasteiger partial charge >= 0.3 is 0 Å². The van der Waals surface area contributed by atoms with Crippen molar-refractivity contribution in [3.63, 3.8) is 0 Å². The molecule has 124 valence electrons. The maximum absolute atomic E-state index is 12.0.